The van der Waals surface area contributed by atoms with E-state index in [2.05, 4.69) is 17.6 Å². The van der Waals surface area contributed by atoms with Crippen LogP contribution in [0.5, 0.6) is 5.75 Å². The predicted molar refractivity (Wildman–Crippen MR) is 151 cm³/mol. The van der Waals surface area contributed by atoms with E-state index in [1.54, 1.807) is 39.8 Å². The number of carbonyl (C=O) groups excluding carboxylic acids is 4. The zero-order chi connectivity index (χ0) is 29.8. The van der Waals surface area contributed by atoms with Crippen LogP contribution in [0.1, 0.15) is 104 Å². The van der Waals surface area contributed by atoms with Gasteiger partial charge in [0.1, 0.15) is 23.4 Å². The molecule has 0 fully saturated rings. The molecule has 0 spiro atoms. The number of phenols is 1. The Kier molecular flexibility index (Phi) is 13.8. The summed E-state index contributed by atoms with van der Waals surface area (Å²) < 4.78 is 5.31. The molecule has 2 unspecified atom stereocenters. The molecule has 0 bridgehead atoms. The van der Waals surface area contributed by atoms with Crippen LogP contribution in [0.2, 0.25) is 0 Å². The Labute approximate surface area is 233 Å². The number of hydrogen-bond donors (Lipinski definition) is 4. The Bertz CT molecular complexity index is 973. The number of aryl methyl sites for hydroxylation is 1. The van der Waals surface area contributed by atoms with Crippen LogP contribution in [0.3, 0.4) is 0 Å². The highest BCUT2D eigenvalue weighted by Gasteiger charge is 2.37. The van der Waals surface area contributed by atoms with Crippen LogP contribution in [0, 0.1) is 6.92 Å². The number of alkyl carbamates (subject to hydrolysis) is 1. The molecule has 0 aliphatic heterocycles. The second kappa shape index (κ2) is 16.0. The van der Waals surface area contributed by atoms with Crippen molar-refractivity contribution in [1.29, 1.82) is 0 Å². The standard InChI is InChI=1S/C29H48N4O6/c1-8-9-10-11-12-13-16-33(27(37)22(18-24(30)35)32-28(38)39-29(5,6)7)25(26(36)31-19(2)3)21-14-15-23(34)20(4)17-21/h14-15,17,19,22,25,34H,8-13,16,18H2,1-7H3,(H2,30,35)(H,31,36)(H,32,38). The number of carbonyl (C=O) groups is 4. The number of hydrogen-bond acceptors (Lipinski definition) is 6. The van der Waals surface area contributed by atoms with Gasteiger partial charge in [0.25, 0.3) is 0 Å². The lowest BCUT2D eigenvalue weighted by Gasteiger charge is -2.35. The van der Waals surface area contributed by atoms with E-state index in [1.165, 1.54) is 11.0 Å². The first kappa shape index (κ1) is 33.7. The average molecular weight is 549 g/mol. The molecule has 0 aliphatic rings. The van der Waals surface area contributed by atoms with Gasteiger partial charge in [0, 0.05) is 12.6 Å². The number of phenolic OH excluding ortho intramolecular Hbond substituents is 1. The van der Waals surface area contributed by atoms with Crippen molar-refractivity contribution in [3.05, 3.63) is 29.3 Å². The smallest absolute Gasteiger partial charge is 0.408 e. The minimum atomic E-state index is -1.33. The fourth-order valence-electron chi connectivity index (χ4n) is 4.17. The third-order valence-electron chi connectivity index (χ3n) is 5.96. The first-order valence-electron chi connectivity index (χ1n) is 13.8. The summed E-state index contributed by atoms with van der Waals surface area (Å²) in [5.74, 6) is -1.76. The summed E-state index contributed by atoms with van der Waals surface area (Å²) in [4.78, 5) is 53.5. The summed E-state index contributed by atoms with van der Waals surface area (Å²) in [6, 6.07) is 2.14. The largest absolute Gasteiger partial charge is 0.508 e. The van der Waals surface area contributed by atoms with Crippen molar-refractivity contribution in [3.63, 3.8) is 0 Å². The van der Waals surface area contributed by atoms with Gasteiger partial charge in [-0.3, -0.25) is 14.4 Å². The quantitative estimate of drug-likeness (QED) is 0.241. The summed E-state index contributed by atoms with van der Waals surface area (Å²) in [6.07, 6.45) is 4.41. The molecule has 2 atom stereocenters. The predicted octanol–water partition coefficient (Wildman–Crippen LogP) is 4.22. The monoisotopic (exact) mass is 548 g/mol. The zero-order valence-electron chi connectivity index (χ0n) is 24.6. The van der Waals surface area contributed by atoms with Crippen LogP contribution in [-0.4, -0.2) is 58.1 Å². The first-order chi connectivity index (χ1) is 18.2. The zero-order valence-corrected chi connectivity index (χ0v) is 24.6. The van der Waals surface area contributed by atoms with Gasteiger partial charge in [-0.1, -0.05) is 45.1 Å². The Hall–Kier alpha value is -3.30. The van der Waals surface area contributed by atoms with Gasteiger partial charge in [0.2, 0.25) is 17.7 Å². The number of amides is 4. The number of nitrogens with zero attached hydrogens (tertiary/aromatic N) is 1. The highest BCUT2D eigenvalue weighted by molar-refractivity contribution is 5.94. The number of nitrogens with two attached hydrogens (primary N) is 1. The molecule has 39 heavy (non-hydrogen) atoms. The van der Waals surface area contributed by atoms with E-state index in [-0.39, 0.29) is 18.3 Å². The molecule has 10 nitrogen and oxygen atoms in total. The molecule has 1 rings (SSSR count). The summed E-state index contributed by atoms with van der Waals surface area (Å²) in [5, 5.41) is 15.5. The highest BCUT2D eigenvalue weighted by Crippen LogP contribution is 2.28. The molecular weight excluding hydrogens is 500 g/mol. The van der Waals surface area contributed by atoms with Gasteiger partial charge in [-0.05, 0) is 71.2 Å². The second-order valence-electron chi connectivity index (χ2n) is 11.3. The van der Waals surface area contributed by atoms with Crippen LogP contribution >= 0.6 is 0 Å². The van der Waals surface area contributed by atoms with Gasteiger partial charge in [0.05, 0.1) is 6.42 Å². The van der Waals surface area contributed by atoms with Crippen LogP contribution in [0.4, 0.5) is 4.79 Å². The minimum absolute atomic E-state index is 0.0637. The summed E-state index contributed by atoms with van der Waals surface area (Å²) in [7, 11) is 0. The van der Waals surface area contributed by atoms with Crippen molar-refractivity contribution in [2.45, 2.75) is 117 Å². The van der Waals surface area contributed by atoms with Crippen molar-refractivity contribution in [2.24, 2.45) is 5.73 Å². The molecule has 220 valence electrons. The van der Waals surface area contributed by atoms with E-state index in [0.29, 0.717) is 17.5 Å². The number of primary amides is 1. The summed E-state index contributed by atoms with van der Waals surface area (Å²) >= 11 is 0. The lowest BCUT2D eigenvalue weighted by atomic mass is 9.99. The molecule has 4 amide bonds. The SMILES string of the molecule is CCCCCCCCN(C(=O)C(CC(N)=O)NC(=O)OC(C)(C)C)C(C(=O)NC(C)C)c1ccc(O)c(C)c1. The van der Waals surface area contributed by atoms with Gasteiger partial charge < -0.3 is 31.1 Å². The average Bonchev–Trinajstić information content (AvgIpc) is 2.79. The van der Waals surface area contributed by atoms with Gasteiger partial charge in [0.15, 0.2) is 0 Å². The first-order valence-corrected chi connectivity index (χ1v) is 13.8. The number of rotatable bonds is 15. The van der Waals surface area contributed by atoms with E-state index in [4.69, 9.17) is 10.5 Å². The second-order valence-corrected chi connectivity index (χ2v) is 11.3. The molecule has 0 saturated heterocycles. The van der Waals surface area contributed by atoms with Gasteiger partial charge >= 0.3 is 6.09 Å². The number of ether oxygens (including phenoxy) is 1. The van der Waals surface area contributed by atoms with Crippen LogP contribution < -0.4 is 16.4 Å². The number of benzene rings is 1. The molecule has 0 saturated carbocycles. The molecule has 0 heterocycles. The Morgan fingerprint density at radius 3 is 2.18 bits per heavy atom. The van der Waals surface area contributed by atoms with E-state index in [0.717, 1.165) is 32.1 Å². The number of aromatic hydroxyl groups is 1. The molecule has 0 aliphatic carbocycles. The minimum Gasteiger partial charge on any atom is -0.508 e. The number of nitrogens with one attached hydrogen (secondary N) is 2. The van der Waals surface area contributed by atoms with E-state index in [1.807, 2.05) is 13.8 Å². The van der Waals surface area contributed by atoms with Gasteiger partial charge in [-0.2, -0.15) is 0 Å². The Morgan fingerprint density at radius 1 is 1.03 bits per heavy atom. The molecule has 0 radical (unpaired) electrons. The highest BCUT2D eigenvalue weighted by atomic mass is 16.6. The fraction of sp³-hybridized carbons (Fsp3) is 0.655. The molecule has 1 aromatic carbocycles. The fourth-order valence-corrected chi connectivity index (χ4v) is 4.17. The lowest BCUT2D eigenvalue weighted by Crippen LogP contribution is -2.54. The van der Waals surface area contributed by atoms with Crippen LogP contribution in [0.15, 0.2) is 18.2 Å². The van der Waals surface area contributed by atoms with Crippen molar-refractivity contribution in [3.8, 4) is 5.75 Å². The van der Waals surface area contributed by atoms with Gasteiger partial charge in [-0.25, -0.2) is 4.79 Å². The normalized spacial score (nSPS) is 12.9. The molecule has 0 aromatic heterocycles. The van der Waals surface area contributed by atoms with Crippen molar-refractivity contribution < 1.29 is 29.0 Å². The molecule has 1 aromatic rings. The maximum atomic E-state index is 14.0. The Balaban J connectivity index is 3.49. The molecule has 10 heteroatoms. The summed E-state index contributed by atoms with van der Waals surface area (Å²) in [6.45, 7) is 12.7. The van der Waals surface area contributed by atoms with Gasteiger partial charge in [-0.15, -0.1) is 0 Å². The van der Waals surface area contributed by atoms with E-state index < -0.39 is 47.9 Å². The Morgan fingerprint density at radius 2 is 1.64 bits per heavy atom. The van der Waals surface area contributed by atoms with E-state index >= 15 is 0 Å². The van der Waals surface area contributed by atoms with E-state index in [9.17, 15) is 24.3 Å². The number of unbranched alkanes of at least 4 members (excludes halogenated alkanes) is 5. The maximum absolute atomic E-state index is 14.0. The topological polar surface area (TPSA) is 151 Å². The molecule has 5 N–H and O–H groups in total. The van der Waals surface area contributed by atoms with Crippen molar-refractivity contribution >= 4 is 23.8 Å². The van der Waals surface area contributed by atoms with Crippen LogP contribution in [-0.2, 0) is 19.1 Å². The lowest BCUT2D eigenvalue weighted by molar-refractivity contribution is -0.143. The van der Waals surface area contributed by atoms with Crippen molar-refractivity contribution in [2.75, 3.05) is 6.54 Å². The maximum Gasteiger partial charge on any atom is 0.408 e. The third-order valence-corrected chi connectivity index (χ3v) is 5.96. The van der Waals surface area contributed by atoms with Crippen LogP contribution in [0.25, 0.3) is 0 Å². The summed E-state index contributed by atoms with van der Waals surface area (Å²) in [5.41, 5.74) is 5.66. The van der Waals surface area contributed by atoms with Crippen molar-refractivity contribution in [1.82, 2.24) is 15.5 Å². The third kappa shape index (κ3) is 12.4. The molecular formula is C29H48N4O6.